The van der Waals surface area contributed by atoms with E-state index in [0.29, 0.717) is 0 Å². The molecular formula is C27H27ClN2O5S. The van der Waals surface area contributed by atoms with Crippen LogP contribution >= 0.6 is 11.8 Å². The molecule has 5 rings (SSSR count). The lowest BCUT2D eigenvalue weighted by Gasteiger charge is -2.32. The molecular weight excluding hydrogens is 500 g/mol. The van der Waals surface area contributed by atoms with Gasteiger partial charge in [-0.25, -0.2) is 0 Å². The minimum Gasteiger partial charge on any atom is -0.396 e. The van der Waals surface area contributed by atoms with Crippen molar-refractivity contribution in [3.63, 3.8) is 0 Å². The Labute approximate surface area is 217 Å². The van der Waals surface area contributed by atoms with Crippen LogP contribution in [0.1, 0.15) is 17.5 Å². The van der Waals surface area contributed by atoms with Crippen LogP contribution in [0, 0.1) is 10.2 Å². The van der Waals surface area contributed by atoms with Crippen molar-refractivity contribution in [1.82, 2.24) is 0 Å². The van der Waals surface area contributed by atoms with Gasteiger partial charge in [0.25, 0.3) is 0 Å². The van der Waals surface area contributed by atoms with Gasteiger partial charge in [-0.15, -0.1) is 0 Å². The van der Waals surface area contributed by atoms with Crippen molar-refractivity contribution >= 4 is 34.4 Å². The average Bonchev–Trinajstić information content (AvgIpc) is 3.21. The molecule has 1 unspecified atom stereocenters. The molecule has 7 nitrogen and oxygen atoms in total. The van der Waals surface area contributed by atoms with Crippen molar-refractivity contribution < 1.29 is 34.0 Å². The number of allylic oxidation sites excluding steroid dienone is 2. The summed E-state index contributed by atoms with van der Waals surface area (Å²) in [5.74, 6) is 0. The second kappa shape index (κ2) is 11.5. The zero-order valence-electron chi connectivity index (χ0n) is 19.7. The molecule has 3 aromatic rings. The van der Waals surface area contributed by atoms with Gasteiger partial charge in [0.05, 0.1) is 26.0 Å². The van der Waals surface area contributed by atoms with Crippen LogP contribution in [0.15, 0.2) is 95.9 Å². The minimum absolute atomic E-state index is 0.198. The van der Waals surface area contributed by atoms with E-state index in [2.05, 4.69) is 108 Å². The number of nitrogens with zero attached hydrogens (tertiary/aromatic N) is 2. The minimum atomic E-state index is -4.69. The van der Waals surface area contributed by atoms with Crippen LogP contribution in [-0.4, -0.2) is 35.3 Å². The van der Waals surface area contributed by atoms with Crippen LogP contribution in [0.4, 0.5) is 11.4 Å². The molecule has 2 N–H and O–H groups in total. The highest BCUT2D eigenvalue weighted by Crippen LogP contribution is 2.46. The van der Waals surface area contributed by atoms with E-state index < -0.39 is 10.2 Å². The Morgan fingerprint density at radius 2 is 1.53 bits per heavy atom. The molecule has 0 aliphatic carbocycles. The third kappa shape index (κ3) is 6.29. The molecule has 1 atom stereocenters. The Bertz CT molecular complexity index is 1240. The molecule has 0 fully saturated rings. The van der Waals surface area contributed by atoms with Crippen LogP contribution in [0.5, 0.6) is 0 Å². The number of aliphatic hydroxyl groups is 1. The molecule has 0 aromatic heterocycles. The number of hydrogen-bond donors (Lipinski definition) is 2. The Morgan fingerprint density at radius 1 is 0.917 bits per heavy atom. The first-order valence-electron chi connectivity index (χ1n) is 11.3. The monoisotopic (exact) mass is 526 g/mol. The predicted octanol–water partition coefficient (Wildman–Crippen LogP) is 1.76. The summed E-state index contributed by atoms with van der Waals surface area (Å²) in [6, 6.07) is 27.8. The number of hydrogen-bond acceptors (Lipinski definition) is 8. The number of halogens is 1. The van der Waals surface area contributed by atoms with Gasteiger partial charge in [0.1, 0.15) is 0 Å². The van der Waals surface area contributed by atoms with E-state index in [4.69, 9.17) is 18.6 Å². The summed E-state index contributed by atoms with van der Waals surface area (Å²) in [5, 5.41) is 9.64. The van der Waals surface area contributed by atoms with Crippen LogP contribution in [0.2, 0.25) is 0 Å². The van der Waals surface area contributed by atoms with Crippen molar-refractivity contribution in [2.45, 2.75) is 16.7 Å². The van der Waals surface area contributed by atoms with Crippen molar-refractivity contribution in [2.75, 3.05) is 30.0 Å². The fraction of sp³-hybridized carbons (Fsp3) is 0.185. The molecule has 3 aromatic carbocycles. The van der Waals surface area contributed by atoms with Gasteiger partial charge in [-0.05, 0) is 47.9 Å². The fourth-order valence-corrected chi connectivity index (χ4v) is 5.66. The summed E-state index contributed by atoms with van der Waals surface area (Å²) in [6.45, 7) is 1.05. The number of anilines is 2. The van der Waals surface area contributed by atoms with Gasteiger partial charge in [-0.3, -0.25) is 0 Å². The van der Waals surface area contributed by atoms with E-state index in [1.807, 2.05) is 11.8 Å². The lowest BCUT2D eigenvalue weighted by molar-refractivity contribution is -1.92. The van der Waals surface area contributed by atoms with Crippen molar-refractivity contribution in [1.29, 1.82) is 0 Å². The van der Waals surface area contributed by atoms with Gasteiger partial charge in [0.15, 0.2) is 0 Å². The highest BCUT2D eigenvalue weighted by Gasteiger charge is 2.29. The molecule has 2 aliphatic heterocycles. The smallest absolute Gasteiger partial charge is 0.0991 e. The van der Waals surface area contributed by atoms with E-state index in [9.17, 15) is 5.11 Å². The summed E-state index contributed by atoms with van der Waals surface area (Å²) < 4.78 is 32.7. The third-order valence-electron chi connectivity index (χ3n) is 5.91. The fourth-order valence-electron chi connectivity index (χ4n) is 4.38. The van der Waals surface area contributed by atoms with Crippen LogP contribution < -0.4 is 23.8 Å². The Morgan fingerprint density at radius 3 is 2.22 bits per heavy atom. The SMILES string of the molecule is CN1C(c2ccccc2)=CC(=CC2Sc3ccccc3N2CCCO)c2ccccc21.[O-][Cl+3]([O-])([O-])O. The van der Waals surface area contributed by atoms with Gasteiger partial charge in [0.2, 0.25) is 0 Å². The Balaban J connectivity index is 0.000000556. The van der Waals surface area contributed by atoms with Gasteiger partial charge in [-0.1, -0.05) is 72.4 Å². The van der Waals surface area contributed by atoms with Crippen LogP contribution in [0.3, 0.4) is 0 Å². The molecule has 9 heteroatoms. The second-order valence-electron chi connectivity index (χ2n) is 8.24. The summed E-state index contributed by atoms with van der Waals surface area (Å²) in [7, 11) is -2.55. The lowest BCUT2D eigenvalue weighted by Crippen LogP contribution is -2.58. The maximum Gasteiger partial charge on any atom is 0.0991 e. The van der Waals surface area contributed by atoms with Crippen molar-refractivity contribution in [3.05, 3.63) is 102 Å². The quantitative estimate of drug-likeness (QED) is 0.516. The molecule has 2 heterocycles. The van der Waals surface area contributed by atoms with Crippen molar-refractivity contribution in [2.24, 2.45) is 0 Å². The molecule has 0 saturated heterocycles. The van der Waals surface area contributed by atoms with E-state index in [1.54, 1.807) is 0 Å². The standard InChI is InChI=1S/C27H26N2OS.ClHO4/c1-28-23-13-6-5-12-22(23)21(18-25(28)20-10-3-2-4-11-20)19-27-29(16-9-17-30)24-14-7-8-15-26(24)31-27;2-1(3,4)5/h2-8,10-15,18-19,27,30H,9,16-17H2,1H3;(H,2,3,4,5). The Kier molecular flexibility index (Phi) is 8.38. The summed E-state index contributed by atoms with van der Waals surface area (Å²) in [6.07, 6.45) is 5.46. The third-order valence-corrected chi connectivity index (χ3v) is 7.14. The molecule has 0 amide bonds. The number of thioether (sulfide) groups is 1. The maximum absolute atomic E-state index is 9.44. The molecule has 36 heavy (non-hydrogen) atoms. The second-order valence-corrected chi connectivity index (χ2v) is 10.2. The largest absolute Gasteiger partial charge is 0.396 e. The molecule has 0 saturated carbocycles. The first-order chi connectivity index (χ1) is 17.3. The van der Waals surface area contributed by atoms with E-state index >= 15 is 0 Å². The van der Waals surface area contributed by atoms with Gasteiger partial charge in [-0.2, -0.15) is 14.0 Å². The summed E-state index contributed by atoms with van der Waals surface area (Å²) >= 11 is 1.89. The van der Waals surface area contributed by atoms with Gasteiger partial charge >= 0.3 is 0 Å². The van der Waals surface area contributed by atoms with E-state index in [0.717, 1.165) is 13.0 Å². The van der Waals surface area contributed by atoms with E-state index in [1.165, 1.54) is 38.7 Å². The molecule has 0 bridgehead atoms. The van der Waals surface area contributed by atoms with Crippen LogP contribution in [-0.2, 0) is 0 Å². The Hall–Kier alpha value is -2.82. The number of fused-ring (bicyclic) bond motifs is 2. The van der Waals surface area contributed by atoms with Crippen LogP contribution in [0.25, 0.3) is 11.3 Å². The number of aliphatic hydroxyl groups excluding tert-OH is 1. The number of para-hydroxylation sites is 2. The lowest BCUT2D eigenvalue weighted by atomic mass is 9.94. The highest BCUT2D eigenvalue weighted by molar-refractivity contribution is 8.00. The first kappa shape index (κ1) is 26.2. The summed E-state index contributed by atoms with van der Waals surface area (Å²) in [4.78, 5) is 6.00. The number of rotatable bonds is 5. The van der Waals surface area contributed by atoms with Gasteiger partial charge < -0.3 is 14.9 Å². The van der Waals surface area contributed by atoms with Crippen molar-refractivity contribution in [3.8, 4) is 0 Å². The predicted molar refractivity (Wildman–Crippen MR) is 135 cm³/mol. The molecule has 2 aliphatic rings. The molecule has 188 valence electrons. The molecule has 0 radical (unpaired) electrons. The zero-order valence-corrected chi connectivity index (χ0v) is 21.2. The topological polar surface area (TPSA) is 116 Å². The summed E-state index contributed by atoms with van der Waals surface area (Å²) in [5.41, 5.74) is 7.39. The van der Waals surface area contributed by atoms with Gasteiger partial charge in [0, 0.05) is 42.0 Å². The highest BCUT2D eigenvalue weighted by atomic mass is 35.7. The normalized spacial score (nSPS) is 17.8. The first-order valence-corrected chi connectivity index (χ1v) is 13.5. The average molecular weight is 527 g/mol. The van der Waals surface area contributed by atoms with E-state index in [-0.39, 0.29) is 12.0 Å². The maximum atomic E-state index is 9.44. The molecule has 0 spiro atoms. The number of benzene rings is 3. The zero-order chi connectivity index (χ0) is 25.7.